The van der Waals surface area contributed by atoms with Crippen molar-refractivity contribution in [2.24, 2.45) is 0 Å². The number of rotatable bonds is 11. The third-order valence-corrected chi connectivity index (χ3v) is 4.74. The predicted molar refractivity (Wildman–Crippen MR) is 136 cm³/mol. The zero-order valence-electron chi connectivity index (χ0n) is 19.2. The standard InChI is InChI=1S/C24H23ClN6O5/c1-3-20(32)28-16-5-4-6-17(11-16)29-23-19(25)12-27-24(31-23)30-15-7-9-18(10-8-15)36-14-21(33)26-13-22(34)35-2/h3-12H,1,13-14H2,2H3,(H,26,33)(H,28,32)(H2,27,29,30,31). The Balaban J connectivity index is 1.59. The van der Waals surface area contributed by atoms with Crippen LogP contribution in [0.2, 0.25) is 5.02 Å². The first-order valence-electron chi connectivity index (χ1n) is 10.5. The number of benzene rings is 2. The summed E-state index contributed by atoms with van der Waals surface area (Å²) in [6.07, 6.45) is 2.63. The lowest BCUT2D eigenvalue weighted by Gasteiger charge is -2.12. The fourth-order valence-electron chi connectivity index (χ4n) is 2.73. The van der Waals surface area contributed by atoms with E-state index < -0.39 is 11.9 Å². The van der Waals surface area contributed by atoms with Gasteiger partial charge in [-0.3, -0.25) is 14.4 Å². The Hall–Kier alpha value is -4.64. The molecule has 0 aliphatic heterocycles. The third kappa shape index (κ3) is 7.99. The summed E-state index contributed by atoms with van der Waals surface area (Å²) in [5.41, 5.74) is 1.90. The highest BCUT2D eigenvalue weighted by molar-refractivity contribution is 6.32. The molecular weight excluding hydrogens is 488 g/mol. The number of ether oxygens (including phenoxy) is 2. The second kappa shape index (κ2) is 12.7. The van der Waals surface area contributed by atoms with Gasteiger partial charge in [-0.25, -0.2) is 4.98 Å². The van der Waals surface area contributed by atoms with Gasteiger partial charge in [-0.2, -0.15) is 4.98 Å². The molecule has 0 spiro atoms. The summed E-state index contributed by atoms with van der Waals surface area (Å²) in [5.74, 6) is -0.223. The topological polar surface area (TPSA) is 144 Å². The number of halogens is 1. The Labute approximate surface area is 211 Å². The average Bonchev–Trinajstić information content (AvgIpc) is 2.89. The number of amides is 2. The van der Waals surface area contributed by atoms with Crippen molar-refractivity contribution >= 4 is 58.2 Å². The van der Waals surface area contributed by atoms with Gasteiger partial charge in [0.05, 0.1) is 13.3 Å². The molecule has 0 aliphatic carbocycles. The molecule has 36 heavy (non-hydrogen) atoms. The SMILES string of the molecule is C=CC(=O)Nc1cccc(Nc2nc(Nc3ccc(OCC(=O)NCC(=O)OC)cc3)ncc2Cl)c1. The molecule has 0 unspecified atom stereocenters. The van der Waals surface area contributed by atoms with Crippen LogP contribution in [-0.2, 0) is 19.1 Å². The molecule has 0 atom stereocenters. The lowest BCUT2D eigenvalue weighted by Crippen LogP contribution is -2.33. The Bertz CT molecular complexity index is 1250. The highest BCUT2D eigenvalue weighted by Gasteiger charge is 2.09. The van der Waals surface area contributed by atoms with Crippen LogP contribution in [0.25, 0.3) is 0 Å². The number of hydrogen-bond acceptors (Lipinski definition) is 9. The summed E-state index contributed by atoms with van der Waals surface area (Å²) in [7, 11) is 1.24. The molecule has 0 fully saturated rings. The van der Waals surface area contributed by atoms with Gasteiger partial charge >= 0.3 is 5.97 Å². The van der Waals surface area contributed by atoms with E-state index in [0.29, 0.717) is 33.7 Å². The van der Waals surface area contributed by atoms with E-state index in [2.05, 4.69) is 42.6 Å². The fourth-order valence-corrected chi connectivity index (χ4v) is 2.86. The highest BCUT2D eigenvalue weighted by atomic mass is 35.5. The summed E-state index contributed by atoms with van der Waals surface area (Å²) in [6, 6.07) is 13.8. The molecule has 0 saturated carbocycles. The van der Waals surface area contributed by atoms with Crippen LogP contribution < -0.4 is 26.0 Å². The highest BCUT2D eigenvalue weighted by Crippen LogP contribution is 2.26. The number of nitrogens with one attached hydrogen (secondary N) is 4. The molecule has 1 heterocycles. The zero-order valence-corrected chi connectivity index (χ0v) is 20.0. The van der Waals surface area contributed by atoms with E-state index in [1.54, 1.807) is 48.5 Å². The van der Waals surface area contributed by atoms with Crippen molar-refractivity contribution in [1.82, 2.24) is 15.3 Å². The van der Waals surface area contributed by atoms with Crippen LogP contribution in [0.5, 0.6) is 5.75 Å². The van der Waals surface area contributed by atoms with Gasteiger partial charge in [0, 0.05) is 17.1 Å². The number of anilines is 5. The van der Waals surface area contributed by atoms with E-state index >= 15 is 0 Å². The lowest BCUT2D eigenvalue weighted by atomic mass is 10.2. The minimum Gasteiger partial charge on any atom is -0.484 e. The van der Waals surface area contributed by atoms with Crippen molar-refractivity contribution in [2.75, 3.05) is 36.2 Å². The average molecular weight is 511 g/mol. The zero-order chi connectivity index (χ0) is 25.9. The number of aromatic nitrogens is 2. The lowest BCUT2D eigenvalue weighted by molar-refractivity contribution is -0.141. The van der Waals surface area contributed by atoms with Gasteiger partial charge in [0.1, 0.15) is 17.3 Å². The fraction of sp³-hybridized carbons (Fsp3) is 0.125. The first-order chi connectivity index (χ1) is 17.4. The smallest absolute Gasteiger partial charge is 0.325 e. The van der Waals surface area contributed by atoms with Crippen molar-refractivity contribution in [2.45, 2.75) is 0 Å². The van der Waals surface area contributed by atoms with Crippen molar-refractivity contribution in [1.29, 1.82) is 0 Å². The van der Waals surface area contributed by atoms with Gasteiger partial charge in [-0.1, -0.05) is 24.2 Å². The number of hydrogen-bond donors (Lipinski definition) is 4. The largest absolute Gasteiger partial charge is 0.484 e. The number of carbonyl (C=O) groups is 3. The molecule has 4 N–H and O–H groups in total. The summed E-state index contributed by atoms with van der Waals surface area (Å²) >= 11 is 6.25. The molecule has 2 aromatic carbocycles. The first-order valence-corrected chi connectivity index (χ1v) is 10.9. The molecule has 0 aliphatic rings. The van der Waals surface area contributed by atoms with E-state index in [1.807, 2.05) is 0 Å². The van der Waals surface area contributed by atoms with Crippen LogP contribution in [0.4, 0.5) is 28.8 Å². The van der Waals surface area contributed by atoms with E-state index in [4.69, 9.17) is 16.3 Å². The molecule has 12 heteroatoms. The van der Waals surface area contributed by atoms with Crippen LogP contribution in [0.15, 0.2) is 67.4 Å². The number of methoxy groups -OCH3 is 1. The molecule has 186 valence electrons. The maximum atomic E-state index is 11.7. The maximum Gasteiger partial charge on any atom is 0.325 e. The predicted octanol–water partition coefficient (Wildman–Crippen LogP) is 3.41. The summed E-state index contributed by atoms with van der Waals surface area (Å²) in [5, 5.41) is 11.5. The Kier molecular flexibility index (Phi) is 9.18. The molecule has 3 rings (SSSR count). The second-order valence-electron chi connectivity index (χ2n) is 7.08. The van der Waals surface area contributed by atoms with Gasteiger partial charge in [0.15, 0.2) is 12.4 Å². The molecule has 11 nitrogen and oxygen atoms in total. The normalized spacial score (nSPS) is 10.1. The van der Waals surface area contributed by atoms with Crippen LogP contribution >= 0.6 is 11.6 Å². The van der Waals surface area contributed by atoms with Crippen molar-refractivity contribution < 1.29 is 23.9 Å². The molecule has 0 radical (unpaired) electrons. The van der Waals surface area contributed by atoms with Crippen molar-refractivity contribution in [3.05, 3.63) is 72.4 Å². The molecular formula is C24H23ClN6O5. The molecule has 0 bridgehead atoms. The van der Waals surface area contributed by atoms with Gasteiger partial charge in [-0.15, -0.1) is 0 Å². The molecule has 1 aromatic heterocycles. The van der Waals surface area contributed by atoms with Gasteiger partial charge < -0.3 is 30.7 Å². The minimum absolute atomic E-state index is 0.225. The van der Waals surface area contributed by atoms with E-state index in [-0.39, 0.29) is 25.0 Å². The Morgan fingerprint density at radius 2 is 1.81 bits per heavy atom. The van der Waals surface area contributed by atoms with Crippen LogP contribution in [0.1, 0.15) is 0 Å². The molecule has 3 aromatic rings. The number of nitrogens with zero attached hydrogens (tertiary/aromatic N) is 2. The van der Waals surface area contributed by atoms with Gasteiger partial charge in [-0.05, 0) is 48.5 Å². The van der Waals surface area contributed by atoms with Gasteiger partial charge in [0.25, 0.3) is 5.91 Å². The number of esters is 1. The van der Waals surface area contributed by atoms with Crippen LogP contribution in [0.3, 0.4) is 0 Å². The van der Waals surface area contributed by atoms with Crippen molar-refractivity contribution in [3.8, 4) is 5.75 Å². The summed E-state index contributed by atoms with van der Waals surface area (Å²) < 4.78 is 9.85. The molecule has 0 saturated heterocycles. The second-order valence-corrected chi connectivity index (χ2v) is 7.49. The van der Waals surface area contributed by atoms with Crippen LogP contribution in [-0.4, -0.2) is 48.0 Å². The summed E-state index contributed by atoms with van der Waals surface area (Å²) in [6.45, 7) is 2.95. The Morgan fingerprint density at radius 3 is 2.53 bits per heavy atom. The van der Waals surface area contributed by atoms with E-state index in [9.17, 15) is 14.4 Å². The van der Waals surface area contributed by atoms with Gasteiger partial charge in [0.2, 0.25) is 11.9 Å². The third-order valence-electron chi connectivity index (χ3n) is 4.46. The van der Waals surface area contributed by atoms with Crippen LogP contribution in [0, 0.1) is 0 Å². The number of carbonyl (C=O) groups excluding carboxylic acids is 3. The molecule has 2 amide bonds. The monoisotopic (exact) mass is 510 g/mol. The summed E-state index contributed by atoms with van der Waals surface area (Å²) in [4.78, 5) is 42.9. The van der Waals surface area contributed by atoms with Crippen molar-refractivity contribution in [3.63, 3.8) is 0 Å². The Morgan fingerprint density at radius 1 is 1.06 bits per heavy atom. The first kappa shape index (κ1) is 26.0. The van der Waals surface area contributed by atoms with E-state index in [1.165, 1.54) is 19.4 Å². The maximum absolute atomic E-state index is 11.7. The van der Waals surface area contributed by atoms with E-state index in [0.717, 1.165) is 0 Å². The quantitative estimate of drug-likeness (QED) is 0.225. The minimum atomic E-state index is -0.549.